The third-order valence-electron chi connectivity index (χ3n) is 4.08. The number of benzene rings is 4. The molecule has 0 saturated carbocycles. The van der Waals surface area contributed by atoms with E-state index in [1.165, 1.54) is 37.9 Å². The van der Waals surface area contributed by atoms with Crippen molar-refractivity contribution in [2.45, 2.75) is 6.42 Å². The Morgan fingerprint density at radius 1 is 0.667 bits per heavy atom. The predicted octanol–water partition coefficient (Wildman–Crippen LogP) is 5.32. The molecule has 0 nitrogen and oxygen atoms in total. The molecule has 0 heteroatoms. The molecule has 0 aliphatic heterocycles. The molecule has 0 amide bonds. The lowest BCUT2D eigenvalue weighted by Gasteiger charge is -2.08. The average Bonchev–Trinajstić information content (AvgIpc) is 2.52. The zero-order chi connectivity index (χ0) is 14.2. The molecular weight excluding hydrogens is 252 g/mol. The summed E-state index contributed by atoms with van der Waals surface area (Å²) in [5.41, 5.74) is 1.23. The van der Waals surface area contributed by atoms with Gasteiger partial charge in [0.2, 0.25) is 0 Å². The summed E-state index contributed by atoms with van der Waals surface area (Å²) in [6.45, 7) is 0. The highest BCUT2D eigenvalue weighted by Crippen LogP contribution is 2.29. The van der Waals surface area contributed by atoms with Crippen LogP contribution < -0.4 is 0 Å². The van der Waals surface area contributed by atoms with E-state index in [0.717, 1.165) is 0 Å². The maximum absolute atomic E-state index is 5.49. The van der Waals surface area contributed by atoms with Crippen LogP contribution in [-0.4, -0.2) is 0 Å². The molecule has 4 aromatic carbocycles. The van der Waals surface area contributed by atoms with Gasteiger partial charge in [-0.2, -0.15) is 0 Å². The third-order valence-corrected chi connectivity index (χ3v) is 4.08. The van der Waals surface area contributed by atoms with Gasteiger partial charge in [-0.25, -0.2) is 0 Å². The molecule has 98 valence electrons. The van der Waals surface area contributed by atoms with Crippen LogP contribution in [0.1, 0.15) is 5.56 Å². The summed E-state index contributed by atoms with van der Waals surface area (Å²) in [4.78, 5) is 0. The van der Waals surface area contributed by atoms with Crippen LogP contribution in [0.25, 0.3) is 32.3 Å². The Morgan fingerprint density at radius 2 is 1.29 bits per heavy atom. The molecule has 0 spiro atoms. The Labute approximate surface area is 124 Å². The smallest absolute Gasteiger partial charge is 0.0343 e. The van der Waals surface area contributed by atoms with Crippen LogP contribution in [0.5, 0.6) is 0 Å². The lowest BCUT2D eigenvalue weighted by atomic mass is 9.96. The molecule has 0 unspecified atom stereocenters. The van der Waals surface area contributed by atoms with Crippen molar-refractivity contribution in [2.75, 3.05) is 0 Å². The van der Waals surface area contributed by atoms with Crippen molar-refractivity contribution in [3.63, 3.8) is 0 Å². The summed E-state index contributed by atoms with van der Waals surface area (Å²) < 4.78 is 0. The van der Waals surface area contributed by atoms with Crippen molar-refractivity contribution in [1.29, 1.82) is 0 Å². The van der Waals surface area contributed by atoms with Gasteiger partial charge in [0.1, 0.15) is 0 Å². The summed E-state index contributed by atoms with van der Waals surface area (Å²) in [5.74, 6) is 2.75. The van der Waals surface area contributed by atoms with Gasteiger partial charge in [0.25, 0.3) is 0 Å². The van der Waals surface area contributed by atoms with Crippen LogP contribution in [-0.2, 0) is 6.42 Å². The van der Waals surface area contributed by atoms with E-state index in [1.54, 1.807) is 0 Å². The molecule has 0 bridgehead atoms. The van der Waals surface area contributed by atoms with Crippen molar-refractivity contribution >= 4 is 32.3 Å². The molecule has 0 saturated heterocycles. The van der Waals surface area contributed by atoms with Crippen LogP contribution in [0.4, 0.5) is 0 Å². The van der Waals surface area contributed by atoms with E-state index in [1.807, 2.05) is 0 Å². The van der Waals surface area contributed by atoms with Gasteiger partial charge in [-0.15, -0.1) is 12.3 Å². The number of hydrogen-bond acceptors (Lipinski definition) is 0. The summed E-state index contributed by atoms with van der Waals surface area (Å²) in [6.07, 6.45) is 6.17. The molecule has 0 N–H and O–H groups in total. The maximum atomic E-state index is 5.49. The summed E-state index contributed by atoms with van der Waals surface area (Å²) in [5, 5.41) is 7.62. The van der Waals surface area contributed by atoms with Crippen LogP contribution >= 0.6 is 0 Å². The van der Waals surface area contributed by atoms with E-state index in [4.69, 9.17) is 6.42 Å². The molecule has 21 heavy (non-hydrogen) atoms. The van der Waals surface area contributed by atoms with E-state index in [2.05, 4.69) is 72.7 Å². The zero-order valence-corrected chi connectivity index (χ0v) is 11.6. The Morgan fingerprint density at radius 3 is 2.00 bits per heavy atom. The Kier molecular flexibility index (Phi) is 2.66. The van der Waals surface area contributed by atoms with Crippen molar-refractivity contribution in [3.05, 3.63) is 72.3 Å². The fourth-order valence-electron chi connectivity index (χ4n) is 3.05. The zero-order valence-electron chi connectivity index (χ0n) is 11.6. The van der Waals surface area contributed by atoms with Crippen LogP contribution in [0.3, 0.4) is 0 Å². The minimum absolute atomic E-state index is 0.677. The molecule has 0 aliphatic carbocycles. The van der Waals surface area contributed by atoms with Gasteiger partial charge in [-0.3, -0.25) is 0 Å². The van der Waals surface area contributed by atoms with Gasteiger partial charge in [0.05, 0.1) is 0 Å². The molecule has 4 aromatic rings. The summed E-state index contributed by atoms with van der Waals surface area (Å²) in [7, 11) is 0. The molecule has 0 atom stereocenters. The van der Waals surface area contributed by atoms with Crippen molar-refractivity contribution < 1.29 is 0 Å². The Bertz CT molecular complexity index is 1020. The lowest BCUT2D eigenvalue weighted by molar-refractivity contribution is 1.36. The molecule has 0 heterocycles. The van der Waals surface area contributed by atoms with Crippen molar-refractivity contribution in [1.82, 2.24) is 0 Å². The fourth-order valence-corrected chi connectivity index (χ4v) is 3.05. The highest BCUT2D eigenvalue weighted by Gasteiger charge is 2.04. The van der Waals surface area contributed by atoms with Crippen LogP contribution in [0.15, 0.2) is 66.7 Å². The molecule has 0 aromatic heterocycles. The van der Waals surface area contributed by atoms with E-state index in [-0.39, 0.29) is 0 Å². The van der Waals surface area contributed by atoms with Crippen molar-refractivity contribution in [3.8, 4) is 12.3 Å². The first-order valence-corrected chi connectivity index (χ1v) is 7.13. The maximum Gasteiger partial charge on any atom is 0.0343 e. The monoisotopic (exact) mass is 266 g/mol. The molecule has 4 rings (SSSR count). The quantitative estimate of drug-likeness (QED) is 0.323. The van der Waals surface area contributed by atoms with E-state index in [0.29, 0.717) is 6.42 Å². The largest absolute Gasteiger partial charge is 0.120 e. The summed E-state index contributed by atoms with van der Waals surface area (Å²) >= 11 is 0. The van der Waals surface area contributed by atoms with Gasteiger partial charge in [-0.05, 0) is 62.1 Å². The second-order valence-electron chi connectivity index (χ2n) is 5.42. The highest BCUT2D eigenvalue weighted by atomic mass is 14.1. The van der Waals surface area contributed by atoms with E-state index >= 15 is 0 Å². The van der Waals surface area contributed by atoms with Gasteiger partial charge in [0, 0.05) is 6.42 Å². The van der Waals surface area contributed by atoms with E-state index < -0.39 is 0 Å². The fraction of sp³-hybridized carbons (Fsp3) is 0.0476. The Balaban J connectivity index is 2.11. The predicted molar refractivity (Wildman–Crippen MR) is 91.5 cm³/mol. The van der Waals surface area contributed by atoms with Gasteiger partial charge < -0.3 is 0 Å². The standard InChI is InChI=1S/C21H14/c1-2-6-15-9-5-10-18-13-19-11-16-7-3-4-8-17(16)12-20(19)14-21(15)18/h1,3-5,7-14H,6H2. The van der Waals surface area contributed by atoms with E-state index in [9.17, 15) is 0 Å². The number of hydrogen-bond donors (Lipinski definition) is 0. The van der Waals surface area contributed by atoms with Gasteiger partial charge in [0.15, 0.2) is 0 Å². The topological polar surface area (TPSA) is 0 Å². The van der Waals surface area contributed by atoms with Gasteiger partial charge >= 0.3 is 0 Å². The first-order chi connectivity index (χ1) is 10.3. The first kappa shape index (κ1) is 12.0. The number of terminal acetylenes is 1. The summed E-state index contributed by atoms with van der Waals surface area (Å²) in [6, 6.07) is 23.9. The van der Waals surface area contributed by atoms with Crippen LogP contribution in [0.2, 0.25) is 0 Å². The first-order valence-electron chi connectivity index (χ1n) is 7.13. The number of rotatable bonds is 1. The molecule has 0 fully saturated rings. The third kappa shape index (κ3) is 1.95. The van der Waals surface area contributed by atoms with Crippen LogP contribution in [0, 0.1) is 12.3 Å². The average molecular weight is 266 g/mol. The minimum atomic E-state index is 0.677. The molecular formula is C21H14. The second kappa shape index (κ2) is 4.65. The van der Waals surface area contributed by atoms with Crippen molar-refractivity contribution in [2.24, 2.45) is 0 Å². The highest BCUT2D eigenvalue weighted by molar-refractivity contribution is 6.05. The van der Waals surface area contributed by atoms with Gasteiger partial charge in [-0.1, -0.05) is 42.5 Å². The Hall–Kier alpha value is -2.78. The minimum Gasteiger partial charge on any atom is -0.120 e. The normalized spacial score (nSPS) is 11.0. The second-order valence-corrected chi connectivity index (χ2v) is 5.42. The SMILES string of the molecule is C#CCc1cccc2cc3cc4ccccc4cc3cc12. The lowest BCUT2D eigenvalue weighted by Crippen LogP contribution is -1.85. The number of fused-ring (bicyclic) bond motifs is 3. The molecule has 0 radical (unpaired) electrons. The molecule has 0 aliphatic rings.